The second-order valence-electron chi connectivity index (χ2n) is 9.13. The van der Waals surface area contributed by atoms with Gasteiger partial charge in [-0.25, -0.2) is 9.97 Å². The van der Waals surface area contributed by atoms with E-state index in [9.17, 15) is 14.9 Å². The number of rotatable bonds is 3. The highest BCUT2D eigenvalue weighted by Gasteiger charge is 2.20. The van der Waals surface area contributed by atoms with Crippen LogP contribution in [0.25, 0.3) is 11.3 Å². The lowest BCUT2D eigenvalue weighted by Gasteiger charge is -2.14. The van der Waals surface area contributed by atoms with E-state index >= 15 is 0 Å². The molecule has 3 aromatic carbocycles. The van der Waals surface area contributed by atoms with Gasteiger partial charge in [0.2, 0.25) is 5.95 Å². The Morgan fingerprint density at radius 1 is 1.03 bits per heavy atom. The molecule has 6 rings (SSSR count). The van der Waals surface area contributed by atoms with E-state index in [0.29, 0.717) is 49.1 Å². The summed E-state index contributed by atoms with van der Waals surface area (Å²) in [5.74, 6) is 1.27. The first-order chi connectivity index (χ1) is 19.0. The predicted molar refractivity (Wildman–Crippen MR) is 146 cm³/mol. The summed E-state index contributed by atoms with van der Waals surface area (Å²) in [4.78, 5) is 32.7. The molecule has 3 heterocycles. The van der Waals surface area contributed by atoms with Crippen LogP contribution in [-0.2, 0) is 11.3 Å². The lowest BCUT2D eigenvalue weighted by atomic mass is 10.1. The van der Waals surface area contributed by atoms with E-state index in [1.54, 1.807) is 12.1 Å². The van der Waals surface area contributed by atoms with Gasteiger partial charge in [-0.2, -0.15) is 0 Å². The Morgan fingerprint density at radius 2 is 1.87 bits per heavy atom. The minimum absolute atomic E-state index is 0.210. The van der Waals surface area contributed by atoms with Gasteiger partial charge in [0.1, 0.15) is 11.5 Å². The molecule has 6 bridgehead atoms. The first kappa shape index (κ1) is 25.8. The summed E-state index contributed by atoms with van der Waals surface area (Å²) in [6.45, 7) is 3.25. The number of amides is 1. The van der Waals surface area contributed by atoms with E-state index in [2.05, 4.69) is 20.6 Å². The molecule has 0 fully saturated rings. The minimum Gasteiger partial charge on any atom is -0.457 e. The zero-order valence-electron chi connectivity index (χ0n) is 21.3. The number of hydrogen-bond donors (Lipinski definition) is 2. The summed E-state index contributed by atoms with van der Waals surface area (Å²) >= 11 is 0. The number of aryl methyl sites for hydroxylation is 1. The Kier molecular flexibility index (Phi) is 7.74. The molecular weight excluding hydrogens is 498 g/mol. The molecule has 1 aromatic heterocycles. The fraction of sp³-hybridized carbons (Fsp3) is 0.207. The maximum atomic E-state index is 12.6. The Balaban J connectivity index is 1.49. The molecular formula is C29H27N5O5. The molecule has 39 heavy (non-hydrogen) atoms. The molecule has 0 unspecified atom stereocenters. The second kappa shape index (κ2) is 11.7. The Bertz CT molecular complexity index is 1510. The molecule has 198 valence electrons. The highest BCUT2D eigenvalue weighted by Crippen LogP contribution is 2.32. The van der Waals surface area contributed by atoms with Gasteiger partial charge in [0.05, 0.1) is 22.8 Å². The molecule has 0 atom stereocenters. The number of ether oxygens (including phenoxy) is 2. The third-order valence-electron chi connectivity index (χ3n) is 6.21. The summed E-state index contributed by atoms with van der Waals surface area (Å²) in [5, 5.41) is 17.9. The average molecular weight is 526 g/mol. The van der Waals surface area contributed by atoms with Crippen LogP contribution in [0.15, 0.2) is 72.9 Å². The van der Waals surface area contributed by atoms with Crippen molar-refractivity contribution in [1.29, 1.82) is 0 Å². The van der Waals surface area contributed by atoms with Gasteiger partial charge in [-0.15, -0.1) is 0 Å². The number of hydrogen-bond acceptors (Lipinski definition) is 8. The molecule has 2 aliphatic heterocycles. The molecule has 10 heteroatoms. The molecule has 0 saturated heterocycles. The smallest absolute Gasteiger partial charge is 0.279 e. The summed E-state index contributed by atoms with van der Waals surface area (Å²) in [5.41, 5.74) is 3.32. The highest BCUT2D eigenvalue weighted by atomic mass is 16.6. The zero-order chi connectivity index (χ0) is 27.2. The van der Waals surface area contributed by atoms with Gasteiger partial charge in [-0.05, 0) is 68.3 Å². The number of aromatic nitrogens is 2. The predicted octanol–water partition coefficient (Wildman–Crippen LogP) is 5.94. The lowest BCUT2D eigenvalue weighted by Crippen LogP contribution is -2.24. The van der Waals surface area contributed by atoms with Gasteiger partial charge in [-0.3, -0.25) is 14.9 Å². The summed E-state index contributed by atoms with van der Waals surface area (Å²) in [6.07, 6.45) is 2.95. The third-order valence-corrected chi connectivity index (χ3v) is 6.21. The maximum Gasteiger partial charge on any atom is 0.279 e. The van der Waals surface area contributed by atoms with Gasteiger partial charge in [0, 0.05) is 42.2 Å². The topological polar surface area (TPSA) is 129 Å². The van der Waals surface area contributed by atoms with Crippen molar-refractivity contribution < 1.29 is 19.2 Å². The average Bonchev–Trinajstić information content (AvgIpc) is 2.94. The molecule has 10 nitrogen and oxygen atoms in total. The van der Waals surface area contributed by atoms with Crippen LogP contribution in [-0.4, -0.2) is 34.0 Å². The standard InChI is InChI=1S/C29H27N5O5/c1-19-4-8-23(9-5-19)39-27-11-7-22-16-21(27)18-38-15-3-2-13-30-28(35)20-6-10-24(26(17-20)34(36)37)25-12-14-31-29(32-22)33-25/h4-12,14,16-17H,2-3,13,15,18H2,1H3,(H,30,35)(H,31,32,33). The van der Waals surface area contributed by atoms with E-state index in [1.807, 2.05) is 49.4 Å². The fourth-order valence-electron chi connectivity index (χ4n) is 4.16. The Morgan fingerprint density at radius 3 is 2.69 bits per heavy atom. The van der Waals surface area contributed by atoms with Gasteiger partial charge in [-0.1, -0.05) is 17.7 Å². The Hall–Kier alpha value is -4.83. The summed E-state index contributed by atoms with van der Waals surface area (Å²) in [6, 6.07) is 19.4. The number of nitro groups is 1. The van der Waals surface area contributed by atoms with E-state index < -0.39 is 4.92 Å². The molecule has 4 aromatic rings. The number of nitro benzene ring substituents is 1. The zero-order valence-corrected chi connectivity index (χ0v) is 21.3. The fourth-order valence-corrected chi connectivity index (χ4v) is 4.16. The van der Waals surface area contributed by atoms with Crippen LogP contribution < -0.4 is 15.4 Å². The first-order valence-electron chi connectivity index (χ1n) is 12.6. The number of benzene rings is 3. The van der Waals surface area contributed by atoms with E-state index in [0.717, 1.165) is 17.5 Å². The molecule has 2 aliphatic rings. The number of anilines is 2. The quantitative estimate of drug-likeness (QED) is 0.249. The number of carbonyl (C=O) groups is 1. The van der Waals surface area contributed by atoms with Crippen LogP contribution >= 0.6 is 0 Å². The largest absolute Gasteiger partial charge is 0.457 e. The minimum atomic E-state index is -0.514. The van der Waals surface area contributed by atoms with Crippen molar-refractivity contribution in [1.82, 2.24) is 15.3 Å². The van der Waals surface area contributed by atoms with Crippen molar-refractivity contribution in [3.05, 3.63) is 99.7 Å². The lowest BCUT2D eigenvalue weighted by molar-refractivity contribution is -0.384. The van der Waals surface area contributed by atoms with Crippen molar-refractivity contribution in [3.63, 3.8) is 0 Å². The van der Waals surface area contributed by atoms with Crippen molar-refractivity contribution in [2.45, 2.75) is 26.4 Å². The van der Waals surface area contributed by atoms with Crippen molar-refractivity contribution in [2.24, 2.45) is 0 Å². The number of nitrogens with zero attached hydrogens (tertiary/aromatic N) is 3. The Labute approximate surface area is 225 Å². The van der Waals surface area contributed by atoms with Crippen molar-refractivity contribution >= 4 is 23.2 Å². The second-order valence-corrected chi connectivity index (χ2v) is 9.13. The SMILES string of the molecule is Cc1ccc(Oc2ccc3cc2COCCCCNC(=O)c2ccc(c([N+](=O)[O-])c2)-c2ccnc(n2)N3)cc1. The molecule has 0 radical (unpaired) electrons. The number of carbonyl (C=O) groups excluding carboxylic acids is 1. The molecule has 0 saturated carbocycles. The van der Waals surface area contributed by atoms with E-state index in [1.165, 1.54) is 18.3 Å². The number of fused-ring (bicyclic) bond motifs is 9. The van der Waals surface area contributed by atoms with Gasteiger partial charge in [0.25, 0.3) is 11.6 Å². The summed E-state index contributed by atoms with van der Waals surface area (Å²) in [7, 11) is 0. The van der Waals surface area contributed by atoms with Crippen LogP contribution in [0, 0.1) is 17.0 Å². The number of nitrogens with one attached hydrogen (secondary N) is 2. The van der Waals surface area contributed by atoms with Crippen molar-refractivity contribution in [3.8, 4) is 22.8 Å². The first-order valence-corrected chi connectivity index (χ1v) is 12.6. The van der Waals surface area contributed by atoms with Gasteiger partial charge >= 0.3 is 0 Å². The highest BCUT2D eigenvalue weighted by molar-refractivity contribution is 5.96. The van der Waals surface area contributed by atoms with Crippen LogP contribution in [0.3, 0.4) is 0 Å². The third kappa shape index (κ3) is 6.36. The van der Waals surface area contributed by atoms with E-state index in [-0.39, 0.29) is 28.7 Å². The van der Waals surface area contributed by atoms with E-state index in [4.69, 9.17) is 9.47 Å². The summed E-state index contributed by atoms with van der Waals surface area (Å²) < 4.78 is 12.1. The monoisotopic (exact) mass is 525 g/mol. The van der Waals surface area contributed by atoms with Crippen LogP contribution in [0.5, 0.6) is 11.5 Å². The molecule has 2 N–H and O–H groups in total. The normalized spacial score (nSPS) is 13.8. The van der Waals surface area contributed by atoms with Crippen molar-refractivity contribution in [2.75, 3.05) is 18.5 Å². The van der Waals surface area contributed by atoms with Gasteiger partial charge in [0.15, 0.2) is 0 Å². The maximum absolute atomic E-state index is 12.6. The molecule has 1 amide bonds. The molecule has 0 aliphatic carbocycles. The molecule has 0 spiro atoms. The van der Waals surface area contributed by atoms with Crippen LogP contribution in [0.4, 0.5) is 17.3 Å². The van der Waals surface area contributed by atoms with Crippen LogP contribution in [0.2, 0.25) is 0 Å². The van der Waals surface area contributed by atoms with Gasteiger partial charge < -0.3 is 20.1 Å². The van der Waals surface area contributed by atoms with Crippen LogP contribution in [0.1, 0.15) is 34.3 Å².